The van der Waals surface area contributed by atoms with Gasteiger partial charge in [-0.25, -0.2) is 4.98 Å². The van der Waals surface area contributed by atoms with Gasteiger partial charge in [0.05, 0.1) is 13.5 Å². The third-order valence-electron chi connectivity index (χ3n) is 4.63. The highest BCUT2D eigenvalue weighted by Crippen LogP contribution is 2.29. The van der Waals surface area contributed by atoms with E-state index in [2.05, 4.69) is 4.98 Å². The molecule has 6 heteroatoms. The molecule has 0 amide bonds. The molecular formula is C21H25NO5. The van der Waals surface area contributed by atoms with Crippen molar-refractivity contribution in [2.45, 2.75) is 45.6 Å². The molecule has 0 saturated carbocycles. The molecule has 1 aromatic heterocycles. The third-order valence-corrected chi connectivity index (χ3v) is 4.63. The molecule has 2 rings (SSSR count). The molecule has 1 aromatic carbocycles. The van der Waals surface area contributed by atoms with Gasteiger partial charge in [-0.15, -0.1) is 0 Å². The minimum atomic E-state index is -0.460. The average molecular weight is 371 g/mol. The van der Waals surface area contributed by atoms with Gasteiger partial charge in [0, 0.05) is 24.6 Å². The molecule has 1 N–H and O–H groups in total. The summed E-state index contributed by atoms with van der Waals surface area (Å²) in [6, 6.07) is 9.42. The number of ketones is 1. The van der Waals surface area contributed by atoms with E-state index in [1.165, 1.54) is 19.4 Å². The van der Waals surface area contributed by atoms with Crippen LogP contribution in [0.2, 0.25) is 0 Å². The van der Waals surface area contributed by atoms with Gasteiger partial charge in [-0.3, -0.25) is 9.59 Å². The number of aromatic hydroxyl groups is 1. The first kappa shape index (κ1) is 20.4. The number of carbonyl (C=O) groups excluding carboxylic acids is 2. The molecule has 27 heavy (non-hydrogen) atoms. The lowest BCUT2D eigenvalue weighted by atomic mass is 9.92. The zero-order valence-corrected chi connectivity index (χ0v) is 16.1. The summed E-state index contributed by atoms with van der Waals surface area (Å²) >= 11 is 0. The molecule has 0 fully saturated rings. The van der Waals surface area contributed by atoms with E-state index >= 15 is 0 Å². The molecule has 0 spiro atoms. The van der Waals surface area contributed by atoms with Crippen molar-refractivity contribution in [1.29, 1.82) is 0 Å². The lowest BCUT2D eigenvalue weighted by Crippen LogP contribution is -2.22. The third kappa shape index (κ3) is 5.06. The largest absolute Gasteiger partial charge is 0.503 e. The minimum absolute atomic E-state index is 0.0370. The summed E-state index contributed by atoms with van der Waals surface area (Å²) in [6.07, 6.45) is 0.868. The number of methoxy groups -OCH3 is 1. The lowest BCUT2D eigenvalue weighted by Gasteiger charge is -2.22. The number of nitrogens with zero attached hydrogens (tertiary/aromatic N) is 1. The number of aryl methyl sites for hydroxylation is 1. The fraction of sp³-hybridized carbons (Fsp3) is 0.381. The van der Waals surface area contributed by atoms with Gasteiger partial charge < -0.3 is 14.6 Å². The number of carbonyl (C=O) groups is 2. The molecule has 144 valence electrons. The maximum absolute atomic E-state index is 12.2. The average Bonchev–Trinajstić information content (AvgIpc) is 2.66. The zero-order valence-electron chi connectivity index (χ0n) is 16.1. The molecular weight excluding hydrogens is 346 g/mol. The Morgan fingerprint density at radius 3 is 2.52 bits per heavy atom. The van der Waals surface area contributed by atoms with Crippen molar-refractivity contribution < 1.29 is 24.2 Å². The monoisotopic (exact) mass is 371 g/mol. The van der Waals surface area contributed by atoms with Gasteiger partial charge in [0.25, 0.3) is 0 Å². The number of benzene rings is 1. The van der Waals surface area contributed by atoms with Crippen molar-refractivity contribution in [3.8, 4) is 11.5 Å². The van der Waals surface area contributed by atoms with Crippen LogP contribution in [0.5, 0.6) is 11.5 Å². The zero-order chi connectivity index (χ0) is 20.0. The first-order chi connectivity index (χ1) is 12.8. The topological polar surface area (TPSA) is 85.7 Å². The molecule has 2 aromatic rings. The fourth-order valence-electron chi connectivity index (χ4n) is 2.86. The number of aromatic nitrogens is 1. The number of ether oxygens (including phenoxy) is 2. The van der Waals surface area contributed by atoms with Crippen molar-refractivity contribution in [3.05, 3.63) is 53.3 Å². The molecule has 0 saturated heterocycles. The number of rotatable bonds is 8. The highest BCUT2D eigenvalue weighted by atomic mass is 16.5. The first-order valence-corrected chi connectivity index (χ1v) is 8.85. The SMILES string of the molecule is COc1ccnc(C(=O)CCC(=O)O[C@H](C)[C@@H](C)c2ccccc2C)c1O. The molecule has 6 nitrogen and oxygen atoms in total. The number of hydrogen-bond donors (Lipinski definition) is 1. The summed E-state index contributed by atoms with van der Waals surface area (Å²) in [4.78, 5) is 28.2. The normalized spacial score (nSPS) is 12.9. The Morgan fingerprint density at radius 1 is 1.15 bits per heavy atom. The molecule has 0 aliphatic heterocycles. The summed E-state index contributed by atoms with van der Waals surface area (Å²) in [6.45, 7) is 5.86. The Balaban J connectivity index is 1.92. The molecule has 0 aliphatic rings. The standard InChI is InChI=1S/C21H25NO5/c1-13-7-5-6-8-16(13)14(2)15(3)27-19(24)10-9-17(23)20-21(25)18(26-4)11-12-22-20/h5-8,11-12,14-15,25H,9-10H2,1-4H3/t14-,15-/m1/s1. The smallest absolute Gasteiger partial charge is 0.306 e. The van der Waals surface area contributed by atoms with Gasteiger partial charge in [-0.2, -0.15) is 0 Å². The van der Waals surface area contributed by atoms with Crippen LogP contribution in [-0.2, 0) is 9.53 Å². The predicted molar refractivity (Wildman–Crippen MR) is 101 cm³/mol. The van der Waals surface area contributed by atoms with Crippen molar-refractivity contribution in [2.75, 3.05) is 7.11 Å². The quantitative estimate of drug-likeness (QED) is 0.561. The molecule has 0 aliphatic carbocycles. The van der Waals surface area contributed by atoms with Crippen LogP contribution in [0.3, 0.4) is 0 Å². The van der Waals surface area contributed by atoms with Crippen LogP contribution >= 0.6 is 0 Å². The number of hydrogen-bond acceptors (Lipinski definition) is 6. The highest BCUT2D eigenvalue weighted by molar-refractivity contribution is 5.98. The molecule has 2 atom stereocenters. The molecule has 0 unspecified atom stereocenters. The summed E-state index contributed by atoms with van der Waals surface area (Å²) in [5.41, 5.74) is 2.16. The Hall–Kier alpha value is -2.89. The van der Waals surface area contributed by atoms with E-state index in [9.17, 15) is 14.7 Å². The van der Waals surface area contributed by atoms with Crippen LogP contribution in [0.25, 0.3) is 0 Å². The minimum Gasteiger partial charge on any atom is -0.503 e. The van der Waals surface area contributed by atoms with Crippen LogP contribution in [0.15, 0.2) is 36.5 Å². The van der Waals surface area contributed by atoms with Crippen LogP contribution in [0.1, 0.15) is 54.2 Å². The van der Waals surface area contributed by atoms with Crippen LogP contribution in [0.4, 0.5) is 0 Å². The second-order valence-corrected chi connectivity index (χ2v) is 6.47. The van der Waals surface area contributed by atoms with E-state index < -0.39 is 11.8 Å². The molecule has 0 bridgehead atoms. The molecule has 0 radical (unpaired) electrons. The van der Waals surface area contributed by atoms with Gasteiger partial charge in [0.15, 0.2) is 23.0 Å². The Morgan fingerprint density at radius 2 is 1.85 bits per heavy atom. The van der Waals surface area contributed by atoms with E-state index in [4.69, 9.17) is 9.47 Å². The Labute approximate surface area is 159 Å². The van der Waals surface area contributed by atoms with Crippen LogP contribution in [0, 0.1) is 6.92 Å². The van der Waals surface area contributed by atoms with E-state index in [1.54, 1.807) is 0 Å². The van der Waals surface area contributed by atoms with Crippen molar-refractivity contribution in [1.82, 2.24) is 4.98 Å². The van der Waals surface area contributed by atoms with Crippen molar-refractivity contribution in [2.24, 2.45) is 0 Å². The van der Waals surface area contributed by atoms with E-state index in [0.29, 0.717) is 0 Å². The lowest BCUT2D eigenvalue weighted by molar-refractivity contribution is -0.149. The molecule has 1 heterocycles. The highest BCUT2D eigenvalue weighted by Gasteiger charge is 2.22. The van der Waals surface area contributed by atoms with Gasteiger partial charge in [-0.1, -0.05) is 31.2 Å². The van der Waals surface area contributed by atoms with E-state index in [1.807, 2.05) is 45.0 Å². The van der Waals surface area contributed by atoms with E-state index in [0.717, 1.165) is 11.1 Å². The second-order valence-electron chi connectivity index (χ2n) is 6.47. The van der Waals surface area contributed by atoms with Gasteiger partial charge in [-0.05, 0) is 25.0 Å². The van der Waals surface area contributed by atoms with Crippen LogP contribution < -0.4 is 4.74 Å². The van der Waals surface area contributed by atoms with Crippen LogP contribution in [-0.4, -0.2) is 35.1 Å². The maximum atomic E-state index is 12.2. The Kier molecular flexibility index (Phi) is 6.93. The van der Waals surface area contributed by atoms with Crippen molar-refractivity contribution in [3.63, 3.8) is 0 Å². The van der Waals surface area contributed by atoms with Gasteiger partial charge in [0.1, 0.15) is 6.10 Å². The fourth-order valence-corrected chi connectivity index (χ4v) is 2.86. The van der Waals surface area contributed by atoms with Gasteiger partial charge in [0.2, 0.25) is 0 Å². The number of Topliss-reactive ketones (excluding diaryl/α,β-unsaturated/α-hetero) is 1. The predicted octanol–water partition coefficient (Wildman–Crippen LogP) is 3.80. The number of esters is 1. The second kappa shape index (κ2) is 9.16. The summed E-state index contributed by atoms with van der Waals surface area (Å²) in [5.74, 6) is -1.02. The Bertz CT molecular complexity index is 818. The first-order valence-electron chi connectivity index (χ1n) is 8.85. The summed E-state index contributed by atoms with van der Waals surface area (Å²) in [7, 11) is 1.39. The summed E-state index contributed by atoms with van der Waals surface area (Å²) in [5, 5.41) is 9.97. The summed E-state index contributed by atoms with van der Waals surface area (Å²) < 4.78 is 10.4. The van der Waals surface area contributed by atoms with E-state index in [-0.39, 0.29) is 42.1 Å². The maximum Gasteiger partial charge on any atom is 0.306 e. The number of pyridine rings is 1. The van der Waals surface area contributed by atoms with Crippen molar-refractivity contribution >= 4 is 11.8 Å². The van der Waals surface area contributed by atoms with Gasteiger partial charge >= 0.3 is 5.97 Å².